The van der Waals surface area contributed by atoms with Gasteiger partial charge < -0.3 is 35.1 Å². The molecule has 3 aromatic carbocycles. The summed E-state index contributed by atoms with van der Waals surface area (Å²) in [6.45, 7) is 7.43. The Balaban J connectivity index is 1.27. The summed E-state index contributed by atoms with van der Waals surface area (Å²) in [6, 6.07) is 14.6. The second-order valence-electron chi connectivity index (χ2n) is 11.3. The number of amides is 2. The SMILES string of the molecule is CC1(C)OB(O)c2cc(C(=O)NCc3cc(CNC(=O)c4ccc5c(c4)B(O)OC5(C)C)cc(C(=O)O)c3)ccc21. The second kappa shape index (κ2) is 10.5. The van der Waals surface area contributed by atoms with Crippen molar-refractivity contribution < 1.29 is 38.8 Å². The van der Waals surface area contributed by atoms with Crippen molar-refractivity contribution in [1.82, 2.24) is 10.6 Å². The maximum absolute atomic E-state index is 12.9. The van der Waals surface area contributed by atoms with Crippen LogP contribution in [0.25, 0.3) is 0 Å². The van der Waals surface area contributed by atoms with Crippen LogP contribution in [-0.2, 0) is 33.6 Å². The third-order valence-electron chi connectivity index (χ3n) is 7.48. The van der Waals surface area contributed by atoms with Crippen LogP contribution in [0.3, 0.4) is 0 Å². The number of carboxylic acids is 1. The Morgan fingerprint density at radius 2 is 1.10 bits per heavy atom. The summed E-state index contributed by atoms with van der Waals surface area (Å²) in [5.41, 5.74) is 3.08. The normalized spacial score (nSPS) is 16.2. The lowest BCUT2D eigenvalue weighted by molar-refractivity contribution is 0.0696. The average Bonchev–Trinajstić information content (AvgIpc) is 3.30. The number of carboxylic acid groups (broad SMARTS) is 1. The van der Waals surface area contributed by atoms with E-state index < -0.39 is 43.2 Å². The number of fused-ring (bicyclic) bond motifs is 2. The molecule has 0 atom stereocenters. The van der Waals surface area contributed by atoms with Crippen molar-refractivity contribution in [2.24, 2.45) is 0 Å². The Bertz CT molecular complexity index is 1470. The fourth-order valence-corrected chi connectivity index (χ4v) is 5.38. The van der Waals surface area contributed by atoms with Crippen LogP contribution in [0.1, 0.15) is 81.0 Å². The van der Waals surface area contributed by atoms with Crippen molar-refractivity contribution in [3.05, 3.63) is 93.5 Å². The number of carbonyl (C=O) groups is 3. The van der Waals surface area contributed by atoms with E-state index in [1.54, 1.807) is 42.5 Å². The lowest BCUT2D eigenvalue weighted by Crippen LogP contribution is -2.31. The number of nitrogens with one attached hydrogen (secondary N) is 2. The molecule has 5 N–H and O–H groups in total. The number of carbonyl (C=O) groups excluding carboxylic acids is 2. The van der Waals surface area contributed by atoms with Gasteiger partial charge in [-0.1, -0.05) is 18.2 Å². The molecule has 0 spiro atoms. The van der Waals surface area contributed by atoms with E-state index in [4.69, 9.17) is 9.31 Å². The van der Waals surface area contributed by atoms with Gasteiger partial charge in [-0.05, 0) is 97.3 Å². The van der Waals surface area contributed by atoms with Crippen LogP contribution in [0.4, 0.5) is 0 Å². The molecule has 5 rings (SSSR count). The molecule has 2 aliphatic rings. The Morgan fingerprint density at radius 1 is 0.683 bits per heavy atom. The van der Waals surface area contributed by atoms with Gasteiger partial charge >= 0.3 is 20.2 Å². The van der Waals surface area contributed by atoms with E-state index in [2.05, 4.69) is 10.6 Å². The Kier molecular flexibility index (Phi) is 7.29. The third kappa shape index (κ3) is 5.64. The topological polar surface area (TPSA) is 154 Å². The molecular weight excluding hydrogens is 526 g/mol. The van der Waals surface area contributed by atoms with Gasteiger partial charge in [-0.3, -0.25) is 9.59 Å². The Morgan fingerprint density at radius 3 is 1.49 bits per heavy atom. The molecular formula is C29H30B2N2O8. The van der Waals surface area contributed by atoms with Crippen LogP contribution in [0, 0.1) is 0 Å². The van der Waals surface area contributed by atoms with E-state index in [0.717, 1.165) is 11.1 Å². The number of hydrogen-bond donors (Lipinski definition) is 5. The van der Waals surface area contributed by atoms with Crippen molar-refractivity contribution in [3.63, 3.8) is 0 Å². The van der Waals surface area contributed by atoms with Crippen molar-refractivity contribution in [3.8, 4) is 0 Å². The van der Waals surface area contributed by atoms with Gasteiger partial charge in [0.2, 0.25) is 0 Å². The summed E-state index contributed by atoms with van der Waals surface area (Å²) in [5.74, 6) is -1.94. The van der Waals surface area contributed by atoms with E-state index in [0.29, 0.717) is 33.2 Å². The van der Waals surface area contributed by atoms with Gasteiger partial charge in [-0.2, -0.15) is 0 Å². The first-order valence-electron chi connectivity index (χ1n) is 13.2. The minimum atomic E-state index is -1.14. The molecule has 2 heterocycles. The van der Waals surface area contributed by atoms with Crippen LogP contribution in [0.2, 0.25) is 0 Å². The van der Waals surface area contributed by atoms with Gasteiger partial charge in [0, 0.05) is 24.2 Å². The van der Waals surface area contributed by atoms with Gasteiger partial charge in [0.05, 0.1) is 16.8 Å². The maximum Gasteiger partial charge on any atom is 0.492 e. The highest BCUT2D eigenvalue weighted by Crippen LogP contribution is 2.31. The van der Waals surface area contributed by atoms with Crippen LogP contribution >= 0.6 is 0 Å². The van der Waals surface area contributed by atoms with E-state index in [1.165, 1.54) is 12.1 Å². The molecule has 0 saturated carbocycles. The van der Waals surface area contributed by atoms with Crippen molar-refractivity contribution in [2.45, 2.75) is 52.0 Å². The third-order valence-corrected chi connectivity index (χ3v) is 7.48. The minimum Gasteiger partial charge on any atom is -0.478 e. The summed E-state index contributed by atoms with van der Waals surface area (Å²) in [5, 5.41) is 35.6. The average molecular weight is 556 g/mol. The number of benzene rings is 3. The molecule has 0 aromatic heterocycles. The summed E-state index contributed by atoms with van der Waals surface area (Å²) in [7, 11) is -2.25. The molecule has 2 amide bonds. The summed E-state index contributed by atoms with van der Waals surface area (Å²) >= 11 is 0. The summed E-state index contributed by atoms with van der Waals surface area (Å²) in [4.78, 5) is 37.5. The largest absolute Gasteiger partial charge is 0.492 e. The van der Waals surface area contributed by atoms with E-state index in [9.17, 15) is 29.5 Å². The van der Waals surface area contributed by atoms with E-state index in [1.807, 2.05) is 27.7 Å². The monoisotopic (exact) mass is 556 g/mol. The maximum atomic E-state index is 12.9. The quantitative estimate of drug-likeness (QED) is 0.272. The Labute approximate surface area is 238 Å². The molecule has 0 fully saturated rings. The van der Waals surface area contributed by atoms with Crippen LogP contribution < -0.4 is 21.6 Å². The molecule has 0 unspecified atom stereocenters. The first-order valence-corrected chi connectivity index (χ1v) is 13.2. The fraction of sp³-hybridized carbons (Fsp3) is 0.276. The molecule has 41 heavy (non-hydrogen) atoms. The zero-order valence-electron chi connectivity index (χ0n) is 23.1. The molecule has 3 aromatic rings. The number of rotatable bonds is 7. The number of aromatic carboxylic acids is 1. The fourth-order valence-electron chi connectivity index (χ4n) is 5.38. The van der Waals surface area contributed by atoms with Crippen LogP contribution in [-0.4, -0.2) is 47.2 Å². The first kappa shape index (κ1) is 28.6. The molecule has 0 aliphatic carbocycles. The van der Waals surface area contributed by atoms with E-state index >= 15 is 0 Å². The van der Waals surface area contributed by atoms with Crippen LogP contribution in [0.5, 0.6) is 0 Å². The summed E-state index contributed by atoms with van der Waals surface area (Å²) < 4.78 is 11.1. The van der Waals surface area contributed by atoms with Gasteiger partial charge in [0.1, 0.15) is 0 Å². The standard InChI is InChI=1S/C29H30B2N2O8/c1-28(2)21-7-5-18(12-23(21)30(38)40-28)25(34)32-14-16-9-17(11-20(10-16)27(36)37)15-33-26(35)19-6-8-22-24(13-19)31(39)41-29(22,3)4/h5-13,38-39H,14-15H2,1-4H3,(H,32,34)(H,33,35)(H,36,37). The zero-order valence-corrected chi connectivity index (χ0v) is 23.1. The Hall–Kier alpha value is -3.96. The van der Waals surface area contributed by atoms with Gasteiger partial charge in [0.15, 0.2) is 0 Å². The zero-order chi connectivity index (χ0) is 29.7. The van der Waals surface area contributed by atoms with E-state index in [-0.39, 0.29) is 18.7 Å². The van der Waals surface area contributed by atoms with Crippen molar-refractivity contribution in [1.29, 1.82) is 0 Å². The molecule has 12 heteroatoms. The minimum absolute atomic E-state index is 0.0149. The molecule has 0 radical (unpaired) electrons. The van der Waals surface area contributed by atoms with Gasteiger partial charge in [-0.25, -0.2) is 4.79 Å². The molecule has 210 valence electrons. The molecule has 2 aliphatic heterocycles. The van der Waals surface area contributed by atoms with Crippen LogP contribution in [0.15, 0.2) is 54.6 Å². The van der Waals surface area contributed by atoms with Gasteiger partial charge in [-0.15, -0.1) is 0 Å². The molecule has 0 bridgehead atoms. The lowest BCUT2D eigenvalue weighted by atomic mass is 9.77. The van der Waals surface area contributed by atoms with Crippen molar-refractivity contribution in [2.75, 3.05) is 0 Å². The van der Waals surface area contributed by atoms with Gasteiger partial charge in [0.25, 0.3) is 11.8 Å². The van der Waals surface area contributed by atoms with Crippen molar-refractivity contribution >= 4 is 42.9 Å². The predicted molar refractivity (Wildman–Crippen MR) is 152 cm³/mol. The molecule has 10 nitrogen and oxygen atoms in total. The predicted octanol–water partition coefficient (Wildman–Crippen LogP) is 1.15. The molecule has 0 saturated heterocycles. The smallest absolute Gasteiger partial charge is 0.478 e. The first-order chi connectivity index (χ1) is 19.2. The highest BCUT2D eigenvalue weighted by Gasteiger charge is 2.41. The highest BCUT2D eigenvalue weighted by atomic mass is 16.5. The number of hydrogen-bond acceptors (Lipinski definition) is 7. The second-order valence-corrected chi connectivity index (χ2v) is 11.3. The lowest BCUT2D eigenvalue weighted by Gasteiger charge is -2.19. The summed E-state index contributed by atoms with van der Waals surface area (Å²) in [6.07, 6.45) is 0. The highest BCUT2D eigenvalue weighted by molar-refractivity contribution is 6.62.